The summed E-state index contributed by atoms with van der Waals surface area (Å²) in [6, 6.07) is 0. The third-order valence-electron chi connectivity index (χ3n) is 3.11. The molecule has 1 aliphatic heterocycles. The number of ether oxygens (including phenoxy) is 1. The number of aliphatic hydroxyl groups is 1. The first-order valence-electron chi connectivity index (χ1n) is 5.44. The Kier molecular flexibility index (Phi) is 3.03. The van der Waals surface area contributed by atoms with Gasteiger partial charge in [0.1, 0.15) is 11.3 Å². The summed E-state index contributed by atoms with van der Waals surface area (Å²) in [4.78, 5) is 17.5. The van der Waals surface area contributed by atoms with Gasteiger partial charge >= 0.3 is 0 Å². The number of aromatic nitrogens is 2. The Bertz CT molecular complexity index is 461. The van der Waals surface area contributed by atoms with Crippen molar-refractivity contribution in [3.8, 4) is 0 Å². The van der Waals surface area contributed by atoms with E-state index in [1.165, 1.54) is 6.33 Å². The zero-order valence-electron chi connectivity index (χ0n) is 9.56. The summed E-state index contributed by atoms with van der Waals surface area (Å²) < 4.78 is 5.30. The van der Waals surface area contributed by atoms with Crippen LogP contribution in [0, 0.1) is 0 Å². The zero-order valence-corrected chi connectivity index (χ0v) is 9.56. The van der Waals surface area contributed by atoms with Crippen molar-refractivity contribution in [3.05, 3.63) is 16.7 Å². The van der Waals surface area contributed by atoms with E-state index in [9.17, 15) is 9.90 Å². The first-order valence-corrected chi connectivity index (χ1v) is 5.44. The quantitative estimate of drug-likeness (QED) is 0.556. The Morgan fingerprint density at radius 2 is 2.59 bits per heavy atom. The van der Waals surface area contributed by atoms with Crippen LogP contribution in [0.25, 0.3) is 0 Å². The number of hydrogen-bond donors (Lipinski definition) is 4. The lowest BCUT2D eigenvalue weighted by atomic mass is 9.97. The molecule has 1 aromatic rings. The van der Waals surface area contributed by atoms with Gasteiger partial charge < -0.3 is 25.9 Å². The van der Waals surface area contributed by atoms with Crippen molar-refractivity contribution >= 4 is 11.5 Å². The Balaban J connectivity index is 2.07. The highest BCUT2D eigenvalue weighted by Crippen LogP contribution is 2.26. The first kappa shape index (κ1) is 11.9. The maximum Gasteiger partial charge on any atom is 0.276 e. The predicted octanol–water partition coefficient (Wildman–Crippen LogP) is -0.696. The Hall–Kier alpha value is -1.60. The fraction of sp³-hybridized carbons (Fsp3) is 0.600. The second kappa shape index (κ2) is 4.34. The number of anilines is 2. The predicted molar refractivity (Wildman–Crippen MR) is 62.7 cm³/mol. The molecule has 0 aromatic carbocycles. The highest BCUT2D eigenvalue weighted by atomic mass is 16.5. The van der Waals surface area contributed by atoms with E-state index in [0.717, 1.165) is 0 Å². The number of hydrogen-bond acceptors (Lipinski definition) is 6. The van der Waals surface area contributed by atoms with Gasteiger partial charge in [-0.3, -0.25) is 4.79 Å². The molecule has 0 radical (unpaired) electrons. The Morgan fingerprint density at radius 1 is 1.82 bits per heavy atom. The van der Waals surface area contributed by atoms with E-state index in [1.807, 2.05) is 6.92 Å². The summed E-state index contributed by atoms with van der Waals surface area (Å²) >= 11 is 0. The molecule has 2 heterocycles. The molecule has 2 atom stereocenters. The highest BCUT2D eigenvalue weighted by molar-refractivity contribution is 5.59. The second-order valence-electron chi connectivity index (χ2n) is 4.21. The van der Waals surface area contributed by atoms with Crippen molar-refractivity contribution in [2.75, 3.05) is 24.2 Å². The molecule has 94 valence electrons. The lowest BCUT2D eigenvalue weighted by Gasteiger charge is -2.26. The molecule has 0 bridgehead atoms. The minimum atomic E-state index is -0.948. The van der Waals surface area contributed by atoms with E-state index in [1.54, 1.807) is 0 Å². The van der Waals surface area contributed by atoms with Crippen LogP contribution in [0.15, 0.2) is 11.1 Å². The molecule has 1 aliphatic rings. The maximum atomic E-state index is 11.2. The van der Waals surface area contributed by atoms with Crippen LogP contribution >= 0.6 is 0 Å². The topological polar surface area (TPSA) is 113 Å². The summed E-state index contributed by atoms with van der Waals surface area (Å²) in [6.45, 7) is 2.58. The van der Waals surface area contributed by atoms with Crippen LogP contribution in [0.2, 0.25) is 0 Å². The van der Waals surface area contributed by atoms with E-state index in [2.05, 4.69) is 15.3 Å². The Morgan fingerprint density at radius 3 is 3.24 bits per heavy atom. The number of nitrogen functional groups attached to an aromatic ring is 1. The molecule has 1 saturated heterocycles. The fourth-order valence-electron chi connectivity index (χ4n) is 1.79. The van der Waals surface area contributed by atoms with Gasteiger partial charge in [0.15, 0.2) is 5.82 Å². The lowest BCUT2D eigenvalue weighted by molar-refractivity contribution is -0.0176. The third-order valence-corrected chi connectivity index (χ3v) is 3.11. The van der Waals surface area contributed by atoms with Crippen LogP contribution in [0.4, 0.5) is 11.5 Å². The van der Waals surface area contributed by atoms with Gasteiger partial charge in [-0.2, -0.15) is 0 Å². The van der Waals surface area contributed by atoms with Crippen LogP contribution in [0.1, 0.15) is 13.3 Å². The summed E-state index contributed by atoms with van der Waals surface area (Å²) in [5.41, 5.74) is 4.23. The zero-order chi connectivity index (χ0) is 12.5. The van der Waals surface area contributed by atoms with Gasteiger partial charge in [-0.25, -0.2) is 4.98 Å². The maximum absolute atomic E-state index is 11.2. The van der Waals surface area contributed by atoms with Crippen molar-refractivity contribution in [2.45, 2.75) is 25.0 Å². The van der Waals surface area contributed by atoms with Gasteiger partial charge in [-0.05, 0) is 6.92 Å². The molecular weight excluding hydrogens is 224 g/mol. The molecule has 2 rings (SSSR count). The molecule has 17 heavy (non-hydrogen) atoms. The lowest BCUT2D eigenvalue weighted by Crippen LogP contribution is -2.43. The molecule has 1 aromatic heterocycles. The minimum Gasteiger partial charge on any atom is -0.391 e. The SMILES string of the molecule is CC1OCCC1(O)CNc1nc[nH]c(=O)c1N. The van der Waals surface area contributed by atoms with Crippen molar-refractivity contribution < 1.29 is 9.84 Å². The molecule has 0 amide bonds. The standard InChI is InChI=1S/C10H16N4O3/c1-6-10(16,2-3-17-6)4-12-8-7(11)9(15)14-5-13-8/h5-6,16H,2-4,11H2,1H3,(H2,12,13,14,15). The molecule has 1 fully saturated rings. The second-order valence-corrected chi connectivity index (χ2v) is 4.21. The van der Waals surface area contributed by atoms with Crippen LogP contribution in [-0.2, 0) is 4.74 Å². The molecular formula is C10H16N4O3. The summed E-state index contributed by atoms with van der Waals surface area (Å²) in [5.74, 6) is 0.279. The number of rotatable bonds is 3. The molecule has 2 unspecified atom stereocenters. The number of H-pyrrole nitrogens is 1. The average molecular weight is 240 g/mol. The molecule has 7 nitrogen and oxygen atoms in total. The summed E-state index contributed by atoms with van der Waals surface area (Å²) in [5, 5.41) is 13.1. The van der Waals surface area contributed by atoms with Gasteiger partial charge in [-0.1, -0.05) is 0 Å². The molecule has 0 saturated carbocycles. The summed E-state index contributed by atoms with van der Waals surface area (Å²) in [6.07, 6.45) is 1.56. The number of nitrogens with zero attached hydrogens (tertiary/aromatic N) is 1. The smallest absolute Gasteiger partial charge is 0.276 e. The first-order chi connectivity index (χ1) is 8.03. The monoisotopic (exact) mass is 240 g/mol. The third kappa shape index (κ3) is 2.25. The number of nitrogens with one attached hydrogen (secondary N) is 2. The van der Waals surface area contributed by atoms with Gasteiger partial charge in [0, 0.05) is 19.6 Å². The van der Waals surface area contributed by atoms with E-state index in [4.69, 9.17) is 10.5 Å². The van der Waals surface area contributed by atoms with Crippen molar-refractivity contribution in [1.82, 2.24) is 9.97 Å². The van der Waals surface area contributed by atoms with E-state index >= 15 is 0 Å². The normalized spacial score (nSPS) is 28.2. The summed E-state index contributed by atoms with van der Waals surface area (Å²) in [7, 11) is 0. The number of aromatic amines is 1. The highest BCUT2D eigenvalue weighted by Gasteiger charge is 2.39. The largest absolute Gasteiger partial charge is 0.391 e. The van der Waals surface area contributed by atoms with E-state index < -0.39 is 11.2 Å². The van der Waals surface area contributed by atoms with Gasteiger partial charge in [-0.15, -0.1) is 0 Å². The molecule has 0 aliphatic carbocycles. The van der Waals surface area contributed by atoms with Crippen LogP contribution in [0.3, 0.4) is 0 Å². The van der Waals surface area contributed by atoms with Crippen molar-refractivity contribution in [3.63, 3.8) is 0 Å². The average Bonchev–Trinajstić information content (AvgIpc) is 2.62. The minimum absolute atomic E-state index is 0.0164. The molecule has 5 N–H and O–H groups in total. The number of nitrogens with two attached hydrogens (primary N) is 1. The molecule has 7 heteroatoms. The molecule has 0 spiro atoms. The van der Waals surface area contributed by atoms with E-state index in [0.29, 0.717) is 13.0 Å². The van der Waals surface area contributed by atoms with Crippen LogP contribution in [-0.4, -0.2) is 39.9 Å². The van der Waals surface area contributed by atoms with Crippen LogP contribution < -0.4 is 16.6 Å². The van der Waals surface area contributed by atoms with Crippen molar-refractivity contribution in [1.29, 1.82) is 0 Å². The Labute approximate surface area is 98.0 Å². The van der Waals surface area contributed by atoms with Crippen LogP contribution in [0.5, 0.6) is 0 Å². The van der Waals surface area contributed by atoms with Gasteiger partial charge in [0.05, 0.1) is 12.4 Å². The van der Waals surface area contributed by atoms with Gasteiger partial charge in [0.2, 0.25) is 0 Å². The van der Waals surface area contributed by atoms with Gasteiger partial charge in [0.25, 0.3) is 5.56 Å². The fourth-order valence-corrected chi connectivity index (χ4v) is 1.79. The van der Waals surface area contributed by atoms with Crippen molar-refractivity contribution in [2.24, 2.45) is 0 Å². The van der Waals surface area contributed by atoms with E-state index in [-0.39, 0.29) is 24.2 Å².